The first-order valence-corrected chi connectivity index (χ1v) is 11.8. The van der Waals surface area contributed by atoms with Gasteiger partial charge < -0.3 is 19.4 Å². The molecule has 1 N–H and O–H groups in total. The molecule has 1 atom stereocenters. The molecule has 172 valence electrons. The van der Waals surface area contributed by atoms with E-state index in [0.29, 0.717) is 13.1 Å². The number of aryl methyl sites for hydroxylation is 1. The second kappa shape index (κ2) is 11.5. The van der Waals surface area contributed by atoms with Crippen LogP contribution >= 0.6 is 0 Å². The Hall–Kier alpha value is -2.41. The highest BCUT2D eigenvalue weighted by Crippen LogP contribution is 2.24. The largest absolute Gasteiger partial charge is 0.467 e. The van der Waals surface area contributed by atoms with Crippen LogP contribution in [0, 0.1) is 6.92 Å². The fraction of sp³-hybridized carbons (Fsp3) is 0.500. The van der Waals surface area contributed by atoms with Crippen molar-refractivity contribution in [2.45, 2.75) is 45.2 Å². The molecule has 2 heterocycles. The summed E-state index contributed by atoms with van der Waals surface area (Å²) in [4.78, 5) is 17.7. The number of ether oxygens (including phenoxy) is 1. The summed E-state index contributed by atoms with van der Waals surface area (Å²) < 4.78 is 11.1. The van der Waals surface area contributed by atoms with Crippen LogP contribution in [0.25, 0.3) is 0 Å². The summed E-state index contributed by atoms with van der Waals surface area (Å²) >= 11 is 0. The standard InChI is InChI=1S/C26H35N3O3/c1-21-9-11-22(12-10-21)25(20-28-13-16-31-17-14-28)27-18-26(30)29(19-24-8-5-15-32-24)23-6-3-2-4-7-23/h5-6,8-12,15,25,27H,2-4,7,13-14,16-20H2,1H3. The number of furan rings is 1. The molecule has 32 heavy (non-hydrogen) atoms. The molecule has 1 aliphatic heterocycles. The molecule has 2 aromatic rings. The minimum Gasteiger partial charge on any atom is -0.467 e. The molecule has 1 amide bonds. The Morgan fingerprint density at radius 2 is 1.97 bits per heavy atom. The maximum absolute atomic E-state index is 13.4. The molecule has 1 saturated heterocycles. The van der Waals surface area contributed by atoms with Crippen LogP contribution in [-0.2, 0) is 16.1 Å². The lowest BCUT2D eigenvalue weighted by Crippen LogP contribution is -2.44. The quantitative estimate of drug-likeness (QED) is 0.642. The van der Waals surface area contributed by atoms with Gasteiger partial charge in [0, 0.05) is 31.4 Å². The molecule has 0 bridgehead atoms. The molecule has 1 aliphatic carbocycles. The second-order valence-corrected chi connectivity index (χ2v) is 8.76. The Labute approximate surface area is 191 Å². The van der Waals surface area contributed by atoms with Crippen LogP contribution in [0.1, 0.15) is 48.6 Å². The zero-order valence-corrected chi connectivity index (χ0v) is 19.1. The Morgan fingerprint density at radius 1 is 1.16 bits per heavy atom. The average molecular weight is 438 g/mol. The number of hydrogen-bond donors (Lipinski definition) is 1. The molecule has 4 rings (SSSR count). The van der Waals surface area contributed by atoms with E-state index in [0.717, 1.165) is 63.6 Å². The number of amides is 1. The Kier molecular flexibility index (Phi) is 8.15. The summed E-state index contributed by atoms with van der Waals surface area (Å²) in [5.74, 6) is 0.905. The fourth-order valence-electron chi connectivity index (χ4n) is 4.41. The average Bonchev–Trinajstić information content (AvgIpc) is 3.35. The van der Waals surface area contributed by atoms with Gasteiger partial charge in [-0.3, -0.25) is 9.69 Å². The molecular weight excluding hydrogens is 402 g/mol. The predicted molar refractivity (Wildman–Crippen MR) is 125 cm³/mol. The lowest BCUT2D eigenvalue weighted by Gasteiger charge is -2.32. The van der Waals surface area contributed by atoms with E-state index in [2.05, 4.69) is 47.5 Å². The zero-order chi connectivity index (χ0) is 22.2. The third kappa shape index (κ3) is 6.31. The van der Waals surface area contributed by atoms with Crippen LogP contribution in [-0.4, -0.2) is 55.1 Å². The van der Waals surface area contributed by atoms with E-state index >= 15 is 0 Å². The summed E-state index contributed by atoms with van der Waals surface area (Å²) in [7, 11) is 0. The van der Waals surface area contributed by atoms with Gasteiger partial charge in [0.05, 0.1) is 32.6 Å². The van der Waals surface area contributed by atoms with Gasteiger partial charge in [0.15, 0.2) is 0 Å². The van der Waals surface area contributed by atoms with E-state index in [1.54, 1.807) is 6.26 Å². The van der Waals surface area contributed by atoms with Crippen molar-refractivity contribution in [3.05, 3.63) is 71.3 Å². The first-order chi connectivity index (χ1) is 15.7. The molecule has 6 heteroatoms. The predicted octanol–water partition coefficient (Wildman–Crippen LogP) is 4.04. The van der Waals surface area contributed by atoms with Crippen molar-refractivity contribution >= 4 is 5.91 Å². The van der Waals surface area contributed by atoms with E-state index in [1.165, 1.54) is 17.5 Å². The first kappa shape index (κ1) is 22.8. The summed E-state index contributed by atoms with van der Waals surface area (Å²) in [6.07, 6.45) is 8.19. The molecule has 0 radical (unpaired) electrons. The van der Waals surface area contributed by atoms with Crippen molar-refractivity contribution in [3.63, 3.8) is 0 Å². The number of hydrogen-bond acceptors (Lipinski definition) is 5. The maximum atomic E-state index is 13.4. The lowest BCUT2D eigenvalue weighted by atomic mass is 10.0. The van der Waals surface area contributed by atoms with Crippen molar-refractivity contribution in [3.8, 4) is 0 Å². The maximum Gasteiger partial charge on any atom is 0.241 e. The number of morpholine rings is 1. The first-order valence-electron chi connectivity index (χ1n) is 11.8. The van der Waals surface area contributed by atoms with Crippen molar-refractivity contribution < 1.29 is 13.9 Å². The van der Waals surface area contributed by atoms with Crippen LogP contribution in [0.2, 0.25) is 0 Å². The van der Waals surface area contributed by atoms with Gasteiger partial charge in [-0.2, -0.15) is 0 Å². The molecule has 1 aromatic heterocycles. The Bertz CT molecular complexity index is 870. The van der Waals surface area contributed by atoms with Crippen molar-refractivity contribution in [1.29, 1.82) is 0 Å². The zero-order valence-electron chi connectivity index (χ0n) is 19.1. The minimum atomic E-state index is 0.0865. The van der Waals surface area contributed by atoms with Crippen LogP contribution in [0.5, 0.6) is 0 Å². The topological polar surface area (TPSA) is 58.0 Å². The molecule has 2 aliphatic rings. The van der Waals surface area contributed by atoms with Gasteiger partial charge in [-0.1, -0.05) is 35.9 Å². The molecule has 1 aromatic carbocycles. The third-order valence-electron chi connectivity index (χ3n) is 6.33. The Morgan fingerprint density at radius 3 is 2.66 bits per heavy atom. The van der Waals surface area contributed by atoms with Crippen LogP contribution in [0.15, 0.2) is 58.9 Å². The molecule has 0 saturated carbocycles. The molecule has 1 unspecified atom stereocenters. The summed E-state index contributed by atoms with van der Waals surface area (Å²) in [6.45, 7) is 7.13. The molecule has 0 spiro atoms. The normalized spacial score (nSPS) is 18.2. The van der Waals surface area contributed by atoms with Crippen LogP contribution < -0.4 is 5.32 Å². The number of allylic oxidation sites excluding steroid dienone is 2. The number of benzene rings is 1. The second-order valence-electron chi connectivity index (χ2n) is 8.76. The van der Waals surface area contributed by atoms with E-state index in [1.807, 2.05) is 17.0 Å². The van der Waals surface area contributed by atoms with E-state index in [4.69, 9.17) is 9.15 Å². The number of rotatable bonds is 9. The molecular formula is C26H35N3O3. The van der Waals surface area contributed by atoms with Crippen LogP contribution in [0.3, 0.4) is 0 Å². The lowest BCUT2D eigenvalue weighted by molar-refractivity contribution is -0.129. The number of nitrogens with zero attached hydrogens (tertiary/aromatic N) is 2. The van der Waals surface area contributed by atoms with Crippen molar-refractivity contribution in [1.82, 2.24) is 15.1 Å². The monoisotopic (exact) mass is 437 g/mol. The van der Waals surface area contributed by atoms with Gasteiger partial charge in [0.1, 0.15) is 5.76 Å². The van der Waals surface area contributed by atoms with Crippen molar-refractivity contribution in [2.75, 3.05) is 39.4 Å². The van der Waals surface area contributed by atoms with E-state index < -0.39 is 0 Å². The number of carbonyl (C=O) groups is 1. The number of nitrogens with one attached hydrogen (secondary N) is 1. The van der Waals surface area contributed by atoms with Crippen LogP contribution in [0.4, 0.5) is 0 Å². The minimum absolute atomic E-state index is 0.0865. The third-order valence-corrected chi connectivity index (χ3v) is 6.33. The SMILES string of the molecule is Cc1ccc(C(CN2CCOCC2)NCC(=O)N(Cc2ccco2)C2=CCCCC2)cc1. The van der Waals surface area contributed by atoms with Crippen molar-refractivity contribution in [2.24, 2.45) is 0 Å². The summed E-state index contributed by atoms with van der Waals surface area (Å²) in [5, 5.41) is 3.57. The molecule has 1 fully saturated rings. The number of carbonyl (C=O) groups excluding carboxylic acids is 1. The van der Waals surface area contributed by atoms with E-state index in [9.17, 15) is 4.79 Å². The molecule has 6 nitrogen and oxygen atoms in total. The van der Waals surface area contributed by atoms with Gasteiger partial charge in [0.25, 0.3) is 0 Å². The highest BCUT2D eigenvalue weighted by Gasteiger charge is 2.23. The Balaban J connectivity index is 1.45. The smallest absolute Gasteiger partial charge is 0.241 e. The highest BCUT2D eigenvalue weighted by molar-refractivity contribution is 5.80. The summed E-state index contributed by atoms with van der Waals surface area (Å²) in [6, 6.07) is 12.5. The highest BCUT2D eigenvalue weighted by atomic mass is 16.5. The van der Waals surface area contributed by atoms with Gasteiger partial charge in [0.2, 0.25) is 5.91 Å². The van der Waals surface area contributed by atoms with Gasteiger partial charge in [-0.05, 0) is 50.3 Å². The van der Waals surface area contributed by atoms with E-state index in [-0.39, 0.29) is 11.9 Å². The van der Waals surface area contributed by atoms with Gasteiger partial charge in [-0.15, -0.1) is 0 Å². The van der Waals surface area contributed by atoms with Gasteiger partial charge >= 0.3 is 0 Å². The van der Waals surface area contributed by atoms with Gasteiger partial charge in [-0.25, -0.2) is 0 Å². The fourth-order valence-corrected chi connectivity index (χ4v) is 4.41. The summed E-state index contributed by atoms with van der Waals surface area (Å²) in [5.41, 5.74) is 3.58.